The van der Waals surface area contributed by atoms with E-state index < -0.39 is 6.17 Å². The van der Waals surface area contributed by atoms with Gasteiger partial charge in [-0.25, -0.2) is 14.2 Å². The van der Waals surface area contributed by atoms with Crippen molar-refractivity contribution in [1.82, 2.24) is 0 Å². The summed E-state index contributed by atoms with van der Waals surface area (Å²) < 4.78 is 12.3. The maximum atomic E-state index is 12.3. The standard InChI is InChI=1S/C6H8FNO/c7-5-1-2-6(3-5)8-4-9/h5-6H,1-3H2. The van der Waals surface area contributed by atoms with E-state index in [1.807, 2.05) is 0 Å². The van der Waals surface area contributed by atoms with Gasteiger partial charge in [0.25, 0.3) is 0 Å². The molecule has 0 aromatic rings. The minimum absolute atomic E-state index is 0.0856. The quantitative estimate of drug-likeness (QED) is 0.386. The van der Waals surface area contributed by atoms with Gasteiger partial charge in [0.05, 0.1) is 6.04 Å². The minimum Gasteiger partial charge on any atom is -0.247 e. The molecular formula is C6H8FNO. The molecule has 0 aliphatic heterocycles. The van der Waals surface area contributed by atoms with E-state index in [0.717, 1.165) is 0 Å². The molecule has 2 nitrogen and oxygen atoms in total. The smallest absolute Gasteiger partial charge is 0.235 e. The zero-order valence-electron chi connectivity index (χ0n) is 5.01. The van der Waals surface area contributed by atoms with Gasteiger partial charge in [-0.3, -0.25) is 0 Å². The molecule has 3 heteroatoms. The van der Waals surface area contributed by atoms with Gasteiger partial charge in [-0.1, -0.05) is 0 Å². The highest BCUT2D eigenvalue weighted by molar-refractivity contribution is 5.33. The molecule has 1 rings (SSSR count). The van der Waals surface area contributed by atoms with E-state index in [4.69, 9.17) is 0 Å². The van der Waals surface area contributed by atoms with Gasteiger partial charge < -0.3 is 0 Å². The highest BCUT2D eigenvalue weighted by Crippen LogP contribution is 2.23. The molecule has 1 aliphatic rings. The van der Waals surface area contributed by atoms with Crippen LogP contribution in [0.2, 0.25) is 0 Å². The number of halogens is 1. The number of isocyanates is 1. The molecule has 0 saturated heterocycles. The molecule has 9 heavy (non-hydrogen) atoms. The van der Waals surface area contributed by atoms with Crippen LogP contribution >= 0.6 is 0 Å². The van der Waals surface area contributed by atoms with E-state index in [0.29, 0.717) is 19.3 Å². The van der Waals surface area contributed by atoms with E-state index in [1.165, 1.54) is 6.08 Å². The topological polar surface area (TPSA) is 29.4 Å². The van der Waals surface area contributed by atoms with Crippen molar-refractivity contribution in [3.05, 3.63) is 0 Å². The maximum Gasteiger partial charge on any atom is 0.235 e. The molecule has 1 aliphatic carbocycles. The number of nitrogens with zero attached hydrogens (tertiary/aromatic N) is 1. The molecule has 2 unspecified atom stereocenters. The molecule has 50 valence electrons. The van der Waals surface area contributed by atoms with Gasteiger partial charge in [-0.15, -0.1) is 0 Å². The number of rotatable bonds is 1. The van der Waals surface area contributed by atoms with Crippen LogP contribution < -0.4 is 0 Å². The largest absolute Gasteiger partial charge is 0.247 e. The van der Waals surface area contributed by atoms with Gasteiger partial charge >= 0.3 is 0 Å². The molecule has 0 radical (unpaired) electrons. The third-order valence-electron chi connectivity index (χ3n) is 1.58. The molecule has 1 fully saturated rings. The van der Waals surface area contributed by atoms with E-state index in [1.54, 1.807) is 0 Å². The first-order chi connectivity index (χ1) is 4.33. The van der Waals surface area contributed by atoms with Gasteiger partial charge in [0.15, 0.2) is 0 Å². The van der Waals surface area contributed by atoms with Crippen LogP contribution in [0.5, 0.6) is 0 Å². The number of hydrogen-bond acceptors (Lipinski definition) is 2. The van der Waals surface area contributed by atoms with Crippen LogP contribution in [-0.2, 0) is 4.79 Å². The number of carbonyl (C=O) groups excluding carboxylic acids is 1. The van der Waals surface area contributed by atoms with Gasteiger partial charge in [0, 0.05) is 6.42 Å². The second-order valence-electron chi connectivity index (χ2n) is 2.28. The minimum atomic E-state index is -0.743. The van der Waals surface area contributed by atoms with Crippen molar-refractivity contribution in [3.63, 3.8) is 0 Å². The predicted molar refractivity (Wildman–Crippen MR) is 30.7 cm³/mol. The van der Waals surface area contributed by atoms with E-state index >= 15 is 0 Å². The number of hydrogen-bond donors (Lipinski definition) is 0. The van der Waals surface area contributed by atoms with Crippen LogP contribution in [0.15, 0.2) is 4.99 Å². The molecule has 0 aromatic heterocycles. The van der Waals surface area contributed by atoms with Crippen LogP contribution in [-0.4, -0.2) is 18.3 Å². The van der Waals surface area contributed by atoms with Crippen LogP contribution in [0.25, 0.3) is 0 Å². The second-order valence-corrected chi connectivity index (χ2v) is 2.28. The fourth-order valence-electron chi connectivity index (χ4n) is 1.10. The van der Waals surface area contributed by atoms with Gasteiger partial charge in [-0.2, -0.15) is 0 Å². The first-order valence-electron chi connectivity index (χ1n) is 3.04. The fraction of sp³-hybridized carbons (Fsp3) is 0.833. The summed E-state index contributed by atoms with van der Waals surface area (Å²) in [4.78, 5) is 13.1. The van der Waals surface area contributed by atoms with Crippen LogP contribution in [0.4, 0.5) is 4.39 Å². The Morgan fingerprint density at radius 3 is 2.78 bits per heavy atom. The zero-order valence-corrected chi connectivity index (χ0v) is 5.01. The van der Waals surface area contributed by atoms with Crippen molar-refractivity contribution in [3.8, 4) is 0 Å². The summed E-state index contributed by atoms with van der Waals surface area (Å²) in [6.45, 7) is 0. The molecule has 0 aromatic carbocycles. The summed E-state index contributed by atoms with van der Waals surface area (Å²) in [6, 6.07) is -0.0856. The summed E-state index contributed by atoms with van der Waals surface area (Å²) in [5, 5.41) is 0. The summed E-state index contributed by atoms with van der Waals surface area (Å²) in [7, 11) is 0. The normalized spacial score (nSPS) is 33.9. The number of alkyl halides is 1. The average Bonchev–Trinajstić information content (AvgIpc) is 2.17. The first-order valence-corrected chi connectivity index (χ1v) is 3.04. The Morgan fingerprint density at radius 1 is 1.56 bits per heavy atom. The van der Waals surface area contributed by atoms with Gasteiger partial charge in [0.2, 0.25) is 6.08 Å². The van der Waals surface area contributed by atoms with Crippen molar-refractivity contribution in [2.45, 2.75) is 31.5 Å². The third-order valence-corrected chi connectivity index (χ3v) is 1.58. The lowest BCUT2D eigenvalue weighted by atomic mass is 10.3. The monoisotopic (exact) mass is 129 g/mol. The average molecular weight is 129 g/mol. The summed E-state index contributed by atoms with van der Waals surface area (Å²) in [5.41, 5.74) is 0. The summed E-state index contributed by atoms with van der Waals surface area (Å²) in [5.74, 6) is 0. The maximum absolute atomic E-state index is 12.3. The summed E-state index contributed by atoms with van der Waals surface area (Å²) >= 11 is 0. The van der Waals surface area contributed by atoms with Crippen molar-refractivity contribution < 1.29 is 9.18 Å². The lowest BCUT2D eigenvalue weighted by Crippen LogP contribution is -1.97. The Morgan fingerprint density at radius 2 is 2.33 bits per heavy atom. The van der Waals surface area contributed by atoms with E-state index in [9.17, 15) is 9.18 Å². The second kappa shape index (κ2) is 2.74. The molecular weight excluding hydrogens is 121 g/mol. The lowest BCUT2D eigenvalue weighted by molar-refractivity contribution is 0.339. The molecule has 0 spiro atoms. The van der Waals surface area contributed by atoms with Crippen LogP contribution in [0.1, 0.15) is 19.3 Å². The predicted octanol–water partition coefficient (Wildman–Crippen LogP) is 1.21. The Kier molecular flexibility index (Phi) is 1.96. The Balaban J connectivity index is 2.38. The third kappa shape index (κ3) is 1.61. The molecule has 0 bridgehead atoms. The Hall–Kier alpha value is -0.690. The first kappa shape index (κ1) is 6.43. The highest BCUT2D eigenvalue weighted by Gasteiger charge is 2.23. The van der Waals surface area contributed by atoms with Crippen molar-refractivity contribution in [2.24, 2.45) is 4.99 Å². The highest BCUT2D eigenvalue weighted by atomic mass is 19.1. The molecule has 0 N–H and O–H groups in total. The lowest BCUT2D eigenvalue weighted by Gasteiger charge is -1.94. The zero-order chi connectivity index (χ0) is 6.69. The molecule has 2 atom stereocenters. The van der Waals surface area contributed by atoms with E-state index in [2.05, 4.69) is 4.99 Å². The van der Waals surface area contributed by atoms with Crippen molar-refractivity contribution in [2.75, 3.05) is 0 Å². The van der Waals surface area contributed by atoms with Crippen molar-refractivity contribution >= 4 is 6.08 Å². The van der Waals surface area contributed by atoms with Gasteiger partial charge in [-0.05, 0) is 12.8 Å². The number of aliphatic imine (C=N–C) groups is 1. The van der Waals surface area contributed by atoms with Gasteiger partial charge in [0.1, 0.15) is 6.17 Å². The van der Waals surface area contributed by atoms with Crippen LogP contribution in [0, 0.1) is 0 Å². The molecule has 1 saturated carbocycles. The van der Waals surface area contributed by atoms with Crippen LogP contribution in [0.3, 0.4) is 0 Å². The fourth-order valence-corrected chi connectivity index (χ4v) is 1.10. The molecule has 0 heterocycles. The Bertz CT molecular complexity index is 142. The summed E-state index contributed by atoms with van der Waals surface area (Å²) in [6.07, 6.45) is 2.36. The Labute approximate surface area is 52.8 Å². The SMILES string of the molecule is O=C=NC1CCC(F)C1. The molecule has 0 amide bonds. The van der Waals surface area contributed by atoms with E-state index in [-0.39, 0.29) is 6.04 Å². The van der Waals surface area contributed by atoms with Crippen molar-refractivity contribution in [1.29, 1.82) is 0 Å².